The zero-order valence-electron chi connectivity index (χ0n) is 14.4. The second kappa shape index (κ2) is 7.17. The average molecular weight is 398 g/mol. The molecule has 3 N–H and O–H groups in total. The number of benzene rings is 1. The molecule has 2 heterocycles. The Balaban J connectivity index is 2.00. The van der Waals surface area contributed by atoms with Gasteiger partial charge in [-0.2, -0.15) is 0 Å². The molecule has 1 aromatic carbocycles. The fraction of sp³-hybridized carbons (Fsp3) is 0.278. The molecule has 2 aromatic rings. The highest BCUT2D eigenvalue weighted by molar-refractivity contribution is 6.02. The Morgan fingerprint density at radius 1 is 1.21 bits per heavy atom. The minimum Gasteiger partial charge on any atom is -0.387 e. The van der Waals surface area contributed by atoms with Crippen molar-refractivity contribution in [2.24, 2.45) is 10.7 Å². The third-order valence-electron chi connectivity index (χ3n) is 4.46. The van der Waals surface area contributed by atoms with Gasteiger partial charge in [0.1, 0.15) is 24.0 Å². The first kappa shape index (κ1) is 19.7. The van der Waals surface area contributed by atoms with Crippen LogP contribution in [0.5, 0.6) is 0 Å². The van der Waals surface area contributed by atoms with E-state index in [-0.39, 0.29) is 23.6 Å². The van der Waals surface area contributed by atoms with Gasteiger partial charge in [-0.3, -0.25) is 9.79 Å². The van der Waals surface area contributed by atoms with Gasteiger partial charge in [0.05, 0.1) is 12.0 Å². The van der Waals surface area contributed by atoms with E-state index in [1.54, 1.807) is 0 Å². The van der Waals surface area contributed by atoms with E-state index in [1.807, 2.05) is 0 Å². The molecule has 1 aliphatic rings. The lowest BCUT2D eigenvalue weighted by atomic mass is 9.80. The van der Waals surface area contributed by atoms with Crippen molar-refractivity contribution < 1.29 is 26.7 Å². The van der Waals surface area contributed by atoms with Gasteiger partial charge in [0, 0.05) is 24.1 Å². The first-order chi connectivity index (χ1) is 13.2. The Labute approximate surface area is 156 Å². The summed E-state index contributed by atoms with van der Waals surface area (Å²) in [7, 11) is 0. The number of nitrogens with zero attached hydrogens (tertiary/aromatic N) is 2. The number of amides is 1. The highest BCUT2D eigenvalue weighted by Gasteiger charge is 2.58. The second-order valence-electron chi connectivity index (χ2n) is 6.31. The van der Waals surface area contributed by atoms with Crippen LogP contribution in [0.3, 0.4) is 0 Å². The molecule has 10 heteroatoms. The highest BCUT2D eigenvalue weighted by atomic mass is 19.3. The molecule has 148 valence electrons. The highest BCUT2D eigenvalue weighted by Crippen LogP contribution is 2.48. The summed E-state index contributed by atoms with van der Waals surface area (Å²) in [4.78, 5) is 19.3. The van der Waals surface area contributed by atoms with Gasteiger partial charge in [0.25, 0.3) is 11.8 Å². The zero-order chi connectivity index (χ0) is 20.5. The van der Waals surface area contributed by atoms with Crippen LogP contribution in [0.4, 0.5) is 27.6 Å². The number of aliphatic imine (C=N–C) groups is 1. The van der Waals surface area contributed by atoms with Gasteiger partial charge in [0.15, 0.2) is 5.54 Å². The van der Waals surface area contributed by atoms with Crippen LogP contribution in [-0.2, 0) is 5.54 Å². The summed E-state index contributed by atoms with van der Waals surface area (Å²) in [5.74, 6) is -6.46. The molecule has 0 saturated carbocycles. The molecule has 1 aromatic heterocycles. The van der Waals surface area contributed by atoms with Crippen LogP contribution in [0.1, 0.15) is 28.9 Å². The molecule has 5 nitrogen and oxygen atoms in total. The number of alkyl halides is 3. The summed E-state index contributed by atoms with van der Waals surface area (Å²) >= 11 is 0. The summed E-state index contributed by atoms with van der Waals surface area (Å²) in [6.45, 7) is -1.69. The van der Waals surface area contributed by atoms with E-state index in [2.05, 4.69) is 15.3 Å². The second-order valence-corrected chi connectivity index (χ2v) is 6.31. The number of carbonyl (C=O) groups is 1. The van der Waals surface area contributed by atoms with E-state index in [4.69, 9.17) is 5.73 Å². The molecule has 1 atom stereocenters. The Bertz CT molecular complexity index is 932. The standard InChI is InChI=1S/C18H15F5N4O/c19-9-17(18(22,23)6-5-15(24)27-17)12-7-11(2-3-13(12)21)26-16(28)14-4-1-10(20)8-25-14/h1-4,7-8H,5-6,9H2,(H2,24,27)(H,26,28). The Hall–Kier alpha value is -3.04. The Kier molecular flexibility index (Phi) is 5.05. The van der Waals surface area contributed by atoms with Crippen molar-refractivity contribution in [2.75, 3.05) is 12.0 Å². The predicted octanol–water partition coefficient (Wildman–Crippen LogP) is 3.56. The fourth-order valence-electron chi connectivity index (χ4n) is 2.96. The number of aromatic nitrogens is 1. The SMILES string of the molecule is NC1=NC(CF)(c2cc(NC(=O)c3ccc(F)cn3)ccc2F)C(F)(F)CC1. The smallest absolute Gasteiger partial charge is 0.280 e. The third kappa shape index (κ3) is 3.41. The van der Waals surface area contributed by atoms with Gasteiger partial charge >= 0.3 is 0 Å². The number of nitrogens with two attached hydrogens (primary N) is 1. The van der Waals surface area contributed by atoms with Crippen LogP contribution in [0.15, 0.2) is 41.5 Å². The molecule has 28 heavy (non-hydrogen) atoms. The maximum absolute atomic E-state index is 14.6. The average Bonchev–Trinajstić information content (AvgIpc) is 2.66. The fourth-order valence-corrected chi connectivity index (χ4v) is 2.96. The van der Waals surface area contributed by atoms with Crippen LogP contribution in [-0.4, -0.2) is 29.3 Å². The zero-order valence-corrected chi connectivity index (χ0v) is 14.4. The summed E-state index contributed by atoms with van der Waals surface area (Å²) in [6.07, 6.45) is -0.214. The van der Waals surface area contributed by atoms with E-state index in [0.717, 1.165) is 36.5 Å². The number of anilines is 1. The van der Waals surface area contributed by atoms with Crippen molar-refractivity contribution in [3.63, 3.8) is 0 Å². The molecule has 0 bridgehead atoms. The molecule has 0 saturated heterocycles. The minimum atomic E-state index is -3.69. The molecule has 1 aliphatic heterocycles. The molecule has 3 rings (SSSR count). The van der Waals surface area contributed by atoms with Crippen LogP contribution in [0, 0.1) is 11.6 Å². The van der Waals surface area contributed by atoms with E-state index in [1.165, 1.54) is 0 Å². The number of rotatable bonds is 4. The number of hydrogen-bond donors (Lipinski definition) is 2. The number of pyridine rings is 1. The van der Waals surface area contributed by atoms with Crippen LogP contribution in [0.2, 0.25) is 0 Å². The lowest BCUT2D eigenvalue weighted by molar-refractivity contribution is -0.0959. The third-order valence-corrected chi connectivity index (χ3v) is 4.46. The van der Waals surface area contributed by atoms with Gasteiger partial charge in [-0.25, -0.2) is 26.9 Å². The van der Waals surface area contributed by atoms with Crippen molar-refractivity contribution in [3.8, 4) is 0 Å². The number of nitrogens with one attached hydrogen (secondary N) is 1. The molecular formula is C18H15F5N4O. The topological polar surface area (TPSA) is 80.4 Å². The van der Waals surface area contributed by atoms with Gasteiger partial charge in [-0.15, -0.1) is 0 Å². The number of carbonyl (C=O) groups excluding carboxylic acids is 1. The summed E-state index contributed by atoms with van der Waals surface area (Å²) in [5.41, 5.74) is 1.72. The molecule has 0 radical (unpaired) electrons. The number of halogens is 5. The van der Waals surface area contributed by atoms with Crippen LogP contribution in [0.25, 0.3) is 0 Å². The summed E-state index contributed by atoms with van der Waals surface area (Å²) in [5, 5.41) is 2.33. The minimum absolute atomic E-state index is 0.0875. The van der Waals surface area contributed by atoms with Crippen LogP contribution >= 0.6 is 0 Å². The van der Waals surface area contributed by atoms with Crippen molar-refractivity contribution in [2.45, 2.75) is 24.3 Å². The predicted molar refractivity (Wildman–Crippen MR) is 92.0 cm³/mol. The Morgan fingerprint density at radius 3 is 2.61 bits per heavy atom. The van der Waals surface area contributed by atoms with Gasteiger partial charge in [-0.05, 0) is 30.3 Å². The van der Waals surface area contributed by atoms with Gasteiger partial charge in [0.2, 0.25) is 0 Å². The Morgan fingerprint density at radius 2 is 1.96 bits per heavy atom. The van der Waals surface area contributed by atoms with Gasteiger partial charge in [-0.1, -0.05) is 0 Å². The largest absolute Gasteiger partial charge is 0.387 e. The first-order valence-electron chi connectivity index (χ1n) is 8.19. The molecule has 1 unspecified atom stereocenters. The van der Waals surface area contributed by atoms with E-state index < -0.39 is 47.7 Å². The molecule has 0 aliphatic carbocycles. The molecular weight excluding hydrogens is 383 g/mol. The van der Waals surface area contributed by atoms with Gasteiger partial charge < -0.3 is 11.1 Å². The van der Waals surface area contributed by atoms with E-state index >= 15 is 0 Å². The lowest BCUT2D eigenvalue weighted by Gasteiger charge is -2.39. The van der Waals surface area contributed by atoms with Crippen molar-refractivity contribution in [3.05, 3.63) is 59.4 Å². The monoisotopic (exact) mass is 398 g/mol. The van der Waals surface area contributed by atoms with Crippen molar-refractivity contribution >= 4 is 17.4 Å². The van der Waals surface area contributed by atoms with Crippen LogP contribution < -0.4 is 11.1 Å². The summed E-state index contributed by atoms with van der Waals surface area (Å²) in [6, 6.07) is 4.93. The first-order valence-corrected chi connectivity index (χ1v) is 8.19. The molecule has 0 spiro atoms. The maximum atomic E-state index is 14.6. The number of hydrogen-bond acceptors (Lipinski definition) is 4. The van der Waals surface area contributed by atoms with Crippen molar-refractivity contribution in [1.82, 2.24) is 4.98 Å². The lowest BCUT2D eigenvalue weighted by Crippen LogP contribution is -2.51. The molecule has 0 fully saturated rings. The van der Waals surface area contributed by atoms with E-state index in [9.17, 15) is 26.7 Å². The maximum Gasteiger partial charge on any atom is 0.280 e. The normalized spacial score (nSPS) is 21.1. The number of amidine groups is 1. The van der Waals surface area contributed by atoms with E-state index in [0.29, 0.717) is 0 Å². The molecule has 1 amide bonds. The summed E-state index contributed by atoms with van der Waals surface area (Å²) < 4.78 is 70.2. The van der Waals surface area contributed by atoms with Crippen molar-refractivity contribution in [1.29, 1.82) is 0 Å². The quantitative estimate of drug-likeness (QED) is 0.773.